The zero-order valence-corrected chi connectivity index (χ0v) is 6.16. The summed E-state index contributed by atoms with van der Waals surface area (Å²) < 4.78 is 6.40. The molecule has 0 aliphatic carbocycles. The molecule has 0 saturated heterocycles. The molecule has 0 aromatic heterocycles. The van der Waals surface area contributed by atoms with Crippen molar-refractivity contribution in [1.82, 2.24) is 0 Å². The molecule has 12 heavy (non-hydrogen) atoms. The van der Waals surface area contributed by atoms with Crippen LogP contribution < -0.4 is 0 Å². The SMILES string of the molecule is [3H]C(=O)[C@H](O)[C@@H](O)[C@H](O)[C@H](O)CO. The quantitative estimate of drug-likeness (QED) is 0.283. The van der Waals surface area contributed by atoms with Gasteiger partial charge in [-0.2, -0.15) is 0 Å². The first-order valence-electron chi connectivity index (χ1n) is 3.75. The van der Waals surface area contributed by atoms with E-state index in [2.05, 4.69) is 0 Å². The van der Waals surface area contributed by atoms with Crippen molar-refractivity contribution in [3.63, 3.8) is 0 Å². The van der Waals surface area contributed by atoms with Crippen molar-refractivity contribution in [3.8, 4) is 0 Å². The standard InChI is InChI=1S/C6H12O6/c7-1-3(9)5(11)6(12)4(10)2-8/h1,3-6,8-12H,2H2/t3-,4+,5+,6+/m0/s1/i1T. The zero-order chi connectivity index (χ0) is 10.6. The van der Waals surface area contributed by atoms with Gasteiger partial charge >= 0.3 is 0 Å². The van der Waals surface area contributed by atoms with Crippen molar-refractivity contribution >= 4 is 6.26 Å². The fraction of sp³-hybridized carbons (Fsp3) is 0.833. The largest absolute Gasteiger partial charge is 0.394 e. The van der Waals surface area contributed by atoms with Crippen LogP contribution in [-0.4, -0.2) is 62.8 Å². The van der Waals surface area contributed by atoms with Crippen LogP contribution in [0.25, 0.3) is 0 Å². The van der Waals surface area contributed by atoms with E-state index < -0.39 is 37.3 Å². The number of carbonyl (C=O) groups is 1. The molecule has 5 N–H and O–H groups in total. The lowest BCUT2D eigenvalue weighted by atomic mass is 10.0. The molecule has 0 bridgehead atoms. The Bertz CT molecular complexity index is 175. The lowest BCUT2D eigenvalue weighted by Gasteiger charge is -2.22. The maximum absolute atomic E-state index is 10.2. The Morgan fingerprint density at radius 1 is 1.25 bits per heavy atom. The molecule has 0 saturated carbocycles. The average molecular weight is 182 g/mol. The molecule has 4 atom stereocenters. The van der Waals surface area contributed by atoms with Crippen LogP contribution in [0.3, 0.4) is 0 Å². The lowest BCUT2D eigenvalue weighted by Crippen LogP contribution is -2.46. The summed E-state index contributed by atoms with van der Waals surface area (Å²) in [6.45, 7) is -0.822. The maximum Gasteiger partial charge on any atom is 0.151 e. The topological polar surface area (TPSA) is 118 Å². The third-order valence-electron chi connectivity index (χ3n) is 1.38. The molecule has 0 spiro atoms. The van der Waals surface area contributed by atoms with Crippen LogP contribution in [0.4, 0.5) is 0 Å². The van der Waals surface area contributed by atoms with Gasteiger partial charge in [0, 0.05) is 0 Å². The van der Waals surface area contributed by atoms with E-state index in [1.54, 1.807) is 0 Å². The van der Waals surface area contributed by atoms with Gasteiger partial charge in [0.15, 0.2) is 6.26 Å². The number of carbonyl (C=O) groups excluding carboxylic acids is 1. The van der Waals surface area contributed by atoms with Crippen LogP contribution >= 0.6 is 0 Å². The van der Waals surface area contributed by atoms with Gasteiger partial charge in [0.05, 0.1) is 6.61 Å². The molecule has 0 aliphatic rings. The summed E-state index contributed by atoms with van der Waals surface area (Å²) in [5.41, 5.74) is 0. The van der Waals surface area contributed by atoms with Crippen LogP contribution in [0.15, 0.2) is 0 Å². The molecule has 0 heterocycles. The van der Waals surface area contributed by atoms with E-state index in [0.29, 0.717) is 0 Å². The second-order valence-electron chi connectivity index (χ2n) is 2.29. The van der Waals surface area contributed by atoms with E-state index in [-0.39, 0.29) is 0 Å². The van der Waals surface area contributed by atoms with E-state index in [1.165, 1.54) is 0 Å². The summed E-state index contributed by atoms with van der Waals surface area (Å²) in [5.74, 6) is 0. The number of aliphatic hydroxyl groups excluding tert-OH is 5. The van der Waals surface area contributed by atoms with Crippen molar-refractivity contribution in [2.45, 2.75) is 24.4 Å². The predicted octanol–water partition coefficient (Wildman–Crippen LogP) is -3.38. The molecule has 0 rings (SSSR count). The second kappa shape index (κ2) is 5.18. The van der Waals surface area contributed by atoms with Crippen molar-refractivity contribution in [2.24, 2.45) is 0 Å². The minimum atomic E-state index is -2.09. The van der Waals surface area contributed by atoms with Crippen molar-refractivity contribution in [3.05, 3.63) is 0 Å². The minimum absolute atomic E-state index is 0.822. The predicted molar refractivity (Wildman–Crippen MR) is 37.2 cm³/mol. The van der Waals surface area contributed by atoms with Crippen LogP contribution in [0.5, 0.6) is 0 Å². The summed E-state index contributed by atoms with van der Waals surface area (Å²) in [6.07, 6.45) is -9.07. The Morgan fingerprint density at radius 2 is 1.75 bits per heavy atom. The third kappa shape index (κ3) is 2.84. The van der Waals surface area contributed by atoms with Gasteiger partial charge in [-0.15, -0.1) is 0 Å². The Hall–Kier alpha value is -0.530. The van der Waals surface area contributed by atoms with Crippen molar-refractivity contribution in [2.75, 3.05) is 6.61 Å². The summed E-state index contributed by atoms with van der Waals surface area (Å²) in [7, 11) is 0. The molecule has 0 fully saturated rings. The van der Waals surface area contributed by atoms with E-state index >= 15 is 0 Å². The van der Waals surface area contributed by atoms with E-state index in [1.807, 2.05) is 0 Å². The summed E-state index contributed by atoms with van der Waals surface area (Å²) in [5, 5.41) is 43.8. The molecule has 0 aromatic carbocycles. The maximum atomic E-state index is 10.2. The monoisotopic (exact) mass is 182 g/mol. The highest BCUT2D eigenvalue weighted by molar-refractivity contribution is 5.56. The Morgan fingerprint density at radius 3 is 2.08 bits per heavy atom. The number of aldehydes is 1. The van der Waals surface area contributed by atoms with Gasteiger partial charge in [-0.25, -0.2) is 0 Å². The first kappa shape index (κ1) is 9.56. The van der Waals surface area contributed by atoms with Crippen LogP contribution in [0.2, 0.25) is 0 Å². The molecule has 72 valence electrons. The Balaban J connectivity index is 4.24. The van der Waals surface area contributed by atoms with E-state index in [4.69, 9.17) is 26.9 Å². The normalized spacial score (nSPS) is 22.2. The number of hydrogen-bond acceptors (Lipinski definition) is 6. The first-order chi connectivity index (χ1) is 5.91. The molecule has 0 unspecified atom stereocenters. The molecule has 0 radical (unpaired) electrons. The Kier molecular flexibility index (Phi) is 4.12. The van der Waals surface area contributed by atoms with Gasteiger partial charge in [0.1, 0.15) is 25.8 Å². The van der Waals surface area contributed by atoms with Gasteiger partial charge < -0.3 is 30.3 Å². The molecular formula is C6H12O6. The first-order valence-corrected chi connectivity index (χ1v) is 3.25. The van der Waals surface area contributed by atoms with Crippen LogP contribution in [0.1, 0.15) is 1.37 Å². The smallest absolute Gasteiger partial charge is 0.151 e. The number of hydrogen-bond donors (Lipinski definition) is 5. The third-order valence-corrected chi connectivity index (χ3v) is 1.38. The fourth-order valence-corrected chi connectivity index (χ4v) is 0.592. The molecule has 0 aromatic rings. The highest BCUT2D eigenvalue weighted by atomic mass is 16.4. The minimum Gasteiger partial charge on any atom is -0.394 e. The molecule has 6 nitrogen and oxygen atoms in total. The lowest BCUT2D eigenvalue weighted by molar-refractivity contribution is -0.136. The van der Waals surface area contributed by atoms with Crippen molar-refractivity contribution in [1.29, 1.82) is 0 Å². The molecule has 0 aliphatic heterocycles. The van der Waals surface area contributed by atoms with Crippen molar-refractivity contribution < 1.29 is 31.7 Å². The average Bonchev–Trinajstić information content (AvgIpc) is 2.12. The zero-order valence-electron chi connectivity index (χ0n) is 7.16. The molecule has 6 heteroatoms. The van der Waals surface area contributed by atoms with Crippen LogP contribution in [0, 0.1) is 0 Å². The van der Waals surface area contributed by atoms with E-state index in [0.717, 1.165) is 0 Å². The van der Waals surface area contributed by atoms with E-state index in [9.17, 15) is 4.79 Å². The van der Waals surface area contributed by atoms with Gasteiger partial charge in [0.2, 0.25) is 0 Å². The van der Waals surface area contributed by atoms with Gasteiger partial charge in [-0.1, -0.05) is 0 Å². The Labute approximate surface area is 70.1 Å². The molecular weight excluding hydrogens is 168 g/mol. The number of rotatable bonds is 5. The number of aliphatic hydroxyl groups is 5. The highest BCUT2D eigenvalue weighted by Crippen LogP contribution is 2.02. The summed E-state index contributed by atoms with van der Waals surface area (Å²) in [6, 6.07) is 0. The van der Waals surface area contributed by atoms with Gasteiger partial charge in [-0.05, 0) is 0 Å². The fourth-order valence-electron chi connectivity index (χ4n) is 0.592. The van der Waals surface area contributed by atoms with Gasteiger partial charge in [-0.3, -0.25) is 0 Å². The highest BCUT2D eigenvalue weighted by Gasteiger charge is 2.29. The van der Waals surface area contributed by atoms with Gasteiger partial charge in [0.25, 0.3) is 0 Å². The molecule has 0 amide bonds. The van der Waals surface area contributed by atoms with Crippen LogP contribution in [-0.2, 0) is 4.79 Å². The summed E-state index contributed by atoms with van der Waals surface area (Å²) in [4.78, 5) is 10.2. The summed E-state index contributed by atoms with van der Waals surface area (Å²) >= 11 is 0. The second-order valence-corrected chi connectivity index (χ2v) is 2.29.